The van der Waals surface area contributed by atoms with Gasteiger partial charge in [0.1, 0.15) is 11.5 Å². The molecule has 2 atom stereocenters. The average Bonchev–Trinajstić information content (AvgIpc) is 2.49. The number of ether oxygens (including phenoxy) is 2. The summed E-state index contributed by atoms with van der Waals surface area (Å²) >= 11 is 0. The van der Waals surface area contributed by atoms with Crippen molar-refractivity contribution in [3.8, 4) is 11.5 Å². The summed E-state index contributed by atoms with van der Waals surface area (Å²) < 4.78 is 10.7. The molecule has 1 fully saturated rings. The summed E-state index contributed by atoms with van der Waals surface area (Å²) in [5.74, 6) is 1.65. The Balaban J connectivity index is 2.27. The average molecular weight is 292 g/mol. The van der Waals surface area contributed by atoms with Crippen LogP contribution in [0, 0.1) is 12.8 Å². The van der Waals surface area contributed by atoms with E-state index in [-0.39, 0.29) is 11.9 Å². The minimum absolute atomic E-state index is 0.00495. The van der Waals surface area contributed by atoms with Crippen molar-refractivity contribution < 1.29 is 14.3 Å². The second kappa shape index (κ2) is 6.35. The number of rotatable bonds is 3. The molecule has 0 aliphatic carbocycles. The molecular weight excluding hydrogens is 268 g/mol. The first-order chi connectivity index (χ1) is 9.97. The van der Waals surface area contributed by atoms with Crippen LogP contribution >= 0.6 is 0 Å². The molecule has 1 saturated heterocycles. The van der Waals surface area contributed by atoms with Gasteiger partial charge >= 0.3 is 0 Å². The smallest absolute Gasteiger partial charge is 0.254 e. The maximum absolute atomic E-state index is 12.7. The summed E-state index contributed by atoms with van der Waals surface area (Å²) in [5.41, 5.74) is 7.50. The van der Waals surface area contributed by atoms with Crippen LogP contribution in [0.2, 0.25) is 0 Å². The summed E-state index contributed by atoms with van der Waals surface area (Å²) in [4.78, 5) is 14.5. The minimum Gasteiger partial charge on any atom is -0.496 e. The largest absolute Gasteiger partial charge is 0.496 e. The molecule has 2 rings (SSSR count). The summed E-state index contributed by atoms with van der Waals surface area (Å²) in [6, 6.07) is 3.73. The molecular formula is C16H24N2O3. The highest BCUT2D eigenvalue weighted by atomic mass is 16.5. The molecule has 1 aliphatic rings. The van der Waals surface area contributed by atoms with Gasteiger partial charge in [0.05, 0.1) is 14.2 Å². The third-order valence-electron chi connectivity index (χ3n) is 4.26. The first-order valence-corrected chi connectivity index (χ1v) is 7.25. The fourth-order valence-corrected chi connectivity index (χ4v) is 2.74. The van der Waals surface area contributed by atoms with Crippen molar-refractivity contribution in [2.45, 2.75) is 26.3 Å². The molecule has 116 valence electrons. The Morgan fingerprint density at radius 3 is 2.33 bits per heavy atom. The van der Waals surface area contributed by atoms with Crippen LogP contribution in [0.4, 0.5) is 0 Å². The lowest BCUT2D eigenvalue weighted by Crippen LogP contribution is -2.48. The summed E-state index contributed by atoms with van der Waals surface area (Å²) in [6.45, 7) is 5.38. The van der Waals surface area contributed by atoms with Crippen molar-refractivity contribution in [3.05, 3.63) is 23.3 Å². The molecule has 0 saturated carbocycles. The Bertz CT molecular complexity index is 505. The number of carbonyl (C=O) groups is 1. The zero-order chi connectivity index (χ0) is 15.6. The summed E-state index contributed by atoms with van der Waals surface area (Å²) in [6.07, 6.45) is 0.840. The van der Waals surface area contributed by atoms with Gasteiger partial charge in [-0.25, -0.2) is 0 Å². The zero-order valence-corrected chi connectivity index (χ0v) is 13.2. The van der Waals surface area contributed by atoms with Gasteiger partial charge in [-0.2, -0.15) is 0 Å². The van der Waals surface area contributed by atoms with Crippen LogP contribution < -0.4 is 15.2 Å². The van der Waals surface area contributed by atoms with E-state index in [0.29, 0.717) is 36.1 Å². The van der Waals surface area contributed by atoms with Crippen LogP contribution in [0.15, 0.2) is 12.1 Å². The Kier molecular flexibility index (Phi) is 4.73. The molecule has 21 heavy (non-hydrogen) atoms. The number of hydrogen-bond donors (Lipinski definition) is 1. The summed E-state index contributed by atoms with van der Waals surface area (Å²) in [7, 11) is 3.19. The van der Waals surface area contributed by atoms with Crippen LogP contribution in [0.25, 0.3) is 0 Å². The number of carbonyl (C=O) groups excluding carboxylic acids is 1. The number of methoxy groups -OCH3 is 2. The molecule has 1 amide bonds. The van der Waals surface area contributed by atoms with E-state index in [9.17, 15) is 4.79 Å². The third-order valence-corrected chi connectivity index (χ3v) is 4.26. The third kappa shape index (κ3) is 3.13. The van der Waals surface area contributed by atoms with Gasteiger partial charge in [-0.15, -0.1) is 0 Å². The predicted octanol–water partition coefficient (Wildman–Crippen LogP) is 1.82. The highest BCUT2D eigenvalue weighted by Crippen LogP contribution is 2.30. The van der Waals surface area contributed by atoms with Gasteiger partial charge in [-0.05, 0) is 31.4 Å². The number of likely N-dealkylation sites (tertiary alicyclic amines) is 1. The fourth-order valence-electron chi connectivity index (χ4n) is 2.74. The number of nitrogens with zero attached hydrogens (tertiary/aromatic N) is 1. The van der Waals surface area contributed by atoms with Crippen LogP contribution in [0.1, 0.15) is 29.3 Å². The molecule has 0 aromatic heterocycles. The van der Waals surface area contributed by atoms with Crippen molar-refractivity contribution in [3.63, 3.8) is 0 Å². The SMILES string of the molecule is COc1cc(C(=O)N2CCC(N)C(C)C2)cc(OC)c1C. The second-order valence-corrected chi connectivity index (χ2v) is 5.69. The van der Waals surface area contributed by atoms with Crippen LogP contribution in [-0.2, 0) is 0 Å². The van der Waals surface area contributed by atoms with E-state index in [1.54, 1.807) is 26.4 Å². The zero-order valence-electron chi connectivity index (χ0n) is 13.2. The monoisotopic (exact) mass is 292 g/mol. The van der Waals surface area contributed by atoms with Gasteiger partial charge in [0, 0.05) is 30.3 Å². The molecule has 0 bridgehead atoms. The van der Waals surface area contributed by atoms with Crippen molar-refractivity contribution in [2.75, 3.05) is 27.3 Å². The van der Waals surface area contributed by atoms with Crippen molar-refractivity contribution in [1.29, 1.82) is 0 Å². The second-order valence-electron chi connectivity index (χ2n) is 5.69. The van der Waals surface area contributed by atoms with Crippen molar-refractivity contribution >= 4 is 5.91 Å². The van der Waals surface area contributed by atoms with Gasteiger partial charge < -0.3 is 20.1 Å². The van der Waals surface area contributed by atoms with Crippen LogP contribution in [-0.4, -0.2) is 44.2 Å². The molecule has 0 radical (unpaired) electrons. The van der Waals surface area contributed by atoms with E-state index in [1.807, 2.05) is 11.8 Å². The Hall–Kier alpha value is -1.75. The molecule has 1 aromatic carbocycles. The topological polar surface area (TPSA) is 64.8 Å². The molecule has 2 unspecified atom stereocenters. The molecule has 1 heterocycles. The van der Waals surface area contributed by atoms with E-state index < -0.39 is 0 Å². The quantitative estimate of drug-likeness (QED) is 0.923. The van der Waals surface area contributed by atoms with E-state index in [4.69, 9.17) is 15.2 Å². The number of benzene rings is 1. The lowest BCUT2D eigenvalue weighted by atomic mass is 9.94. The van der Waals surface area contributed by atoms with Crippen LogP contribution in [0.3, 0.4) is 0 Å². The molecule has 2 N–H and O–H groups in total. The first-order valence-electron chi connectivity index (χ1n) is 7.25. The number of amides is 1. The standard InChI is InChI=1S/C16H24N2O3/c1-10-9-18(6-5-13(10)17)16(19)12-7-14(20-3)11(2)15(8-12)21-4/h7-8,10,13H,5-6,9,17H2,1-4H3. The van der Waals surface area contributed by atoms with Gasteiger partial charge in [-0.3, -0.25) is 4.79 Å². The number of hydrogen-bond acceptors (Lipinski definition) is 4. The maximum atomic E-state index is 12.7. The first kappa shape index (κ1) is 15.6. The van der Waals surface area contributed by atoms with Gasteiger partial charge in [-0.1, -0.05) is 6.92 Å². The maximum Gasteiger partial charge on any atom is 0.254 e. The Morgan fingerprint density at radius 2 is 1.86 bits per heavy atom. The highest BCUT2D eigenvalue weighted by molar-refractivity contribution is 5.95. The lowest BCUT2D eigenvalue weighted by molar-refractivity contribution is 0.0663. The van der Waals surface area contributed by atoms with E-state index in [1.165, 1.54) is 0 Å². The number of piperidine rings is 1. The van der Waals surface area contributed by atoms with Gasteiger partial charge in [0.15, 0.2) is 0 Å². The van der Waals surface area contributed by atoms with Crippen molar-refractivity contribution in [1.82, 2.24) is 4.90 Å². The van der Waals surface area contributed by atoms with Gasteiger partial charge in [0.25, 0.3) is 5.91 Å². The molecule has 5 nitrogen and oxygen atoms in total. The predicted molar refractivity (Wildman–Crippen MR) is 81.9 cm³/mol. The van der Waals surface area contributed by atoms with E-state index >= 15 is 0 Å². The van der Waals surface area contributed by atoms with Crippen LogP contribution in [0.5, 0.6) is 11.5 Å². The highest BCUT2D eigenvalue weighted by Gasteiger charge is 2.27. The van der Waals surface area contributed by atoms with Gasteiger partial charge in [0.2, 0.25) is 0 Å². The normalized spacial score (nSPS) is 22.0. The van der Waals surface area contributed by atoms with E-state index in [2.05, 4.69) is 6.92 Å². The van der Waals surface area contributed by atoms with E-state index in [0.717, 1.165) is 12.0 Å². The molecule has 1 aromatic rings. The molecule has 5 heteroatoms. The van der Waals surface area contributed by atoms with Crippen molar-refractivity contribution in [2.24, 2.45) is 11.7 Å². The Morgan fingerprint density at radius 1 is 1.29 bits per heavy atom. The molecule has 1 aliphatic heterocycles. The number of nitrogens with two attached hydrogens (primary N) is 1. The lowest BCUT2D eigenvalue weighted by Gasteiger charge is -2.35. The fraction of sp³-hybridized carbons (Fsp3) is 0.562. The minimum atomic E-state index is 0.00495. The summed E-state index contributed by atoms with van der Waals surface area (Å²) in [5, 5.41) is 0. The Labute approximate surface area is 126 Å². The molecule has 0 spiro atoms.